The highest BCUT2D eigenvalue weighted by atomic mass is 16.3. The smallest absolute Gasteiger partial charge is 0.331 e. The molecule has 6 heteroatoms. The van der Waals surface area contributed by atoms with E-state index in [2.05, 4.69) is 4.98 Å². The molecule has 1 heterocycles. The molecule has 3 N–H and O–H groups in total. The van der Waals surface area contributed by atoms with Gasteiger partial charge in [-0.15, -0.1) is 0 Å². The molecule has 1 aromatic heterocycles. The lowest BCUT2D eigenvalue weighted by molar-refractivity contribution is 0.393. The number of hydrogen-bond acceptors (Lipinski definition) is 4. The van der Waals surface area contributed by atoms with Gasteiger partial charge >= 0.3 is 5.69 Å². The Kier molecular flexibility index (Phi) is 3.93. The molecule has 0 aliphatic rings. The highest BCUT2D eigenvalue weighted by Crippen LogP contribution is 2.13. The lowest BCUT2D eigenvalue weighted by Crippen LogP contribution is -2.32. The van der Waals surface area contributed by atoms with Crippen LogP contribution >= 0.6 is 0 Å². The number of phenols is 1. The van der Waals surface area contributed by atoms with Gasteiger partial charge in [-0.1, -0.05) is 19.1 Å². The second-order valence-electron chi connectivity index (χ2n) is 4.48. The van der Waals surface area contributed by atoms with E-state index < -0.39 is 11.2 Å². The summed E-state index contributed by atoms with van der Waals surface area (Å²) in [6, 6.07) is 6.60. The third-order valence-corrected chi connectivity index (χ3v) is 3.18. The van der Waals surface area contributed by atoms with Crippen molar-refractivity contribution in [3.05, 3.63) is 56.2 Å². The van der Waals surface area contributed by atoms with Crippen molar-refractivity contribution >= 4 is 0 Å². The molecule has 0 atom stereocenters. The summed E-state index contributed by atoms with van der Waals surface area (Å²) >= 11 is 0. The molecule has 2 aromatic rings. The summed E-state index contributed by atoms with van der Waals surface area (Å²) in [7, 11) is 0. The molecule has 1 aromatic carbocycles. The zero-order chi connectivity index (χ0) is 14.7. The van der Waals surface area contributed by atoms with E-state index in [1.54, 1.807) is 31.2 Å². The van der Waals surface area contributed by atoms with Crippen LogP contribution in [0.1, 0.15) is 18.1 Å². The first-order chi connectivity index (χ1) is 9.52. The van der Waals surface area contributed by atoms with E-state index in [-0.39, 0.29) is 23.7 Å². The predicted octanol–water partition coefficient (Wildman–Crippen LogP) is 0.753. The number of phenolic OH excluding ortho intramolecular Hbond substituents is 1. The molecule has 0 amide bonds. The molecule has 20 heavy (non-hydrogen) atoms. The molecule has 0 saturated carbocycles. The number of benzene rings is 1. The molecule has 0 fully saturated rings. The maximum Gasteiger partial charge on any atom is 0.331 e. The van der Waals surface area contributed by atoms with E-state index in [0.29, 0.717) is 12.8 Å². The van der Waals surface area contributed by atoms with Gasteiger partial charge < -0.3 is 10.2 Å². The second-order valence-corrected chi connectivity index (χ2v) is 4.48. The van der Waals surface area contributed by atoms with Crippen LogP contribution in [0.15, 0.2) is 33.9 Å². The van der Waals surface area contributed by atoms with Crippen molar-refractivity contribution in [3.63, 3.8) is 0 Å². The molecule has 0 unspecified atom stereocenters. The number of aromatic amines is 1. The summed E-state index contributed by atoms with van der Waals surface area (Å²) in [6.45, 7) is 1.98. The summed E-state index contributed by atoms with van der Waals surface area (Å²) in [4.78, 5) is 25.4. The molecule has 0 spiro atoms. The van der Waals surface area contributed by atoms with Gasteiger partial charge in [0, 0.05) is 6.54 Å². The minimum atomic E-state index is -0.622. The van der Waals surface area contributed by atoms with E-state index in [1.165, 1.54) is 0 Å². The Labute approximate surface area is 115 Å². The van der Waals surface area contributed by atoms with Crippen molar-refractivity contribution in [2.45, 2.75) is 26.3 Å². The molecule has 2 rings (SSSR count). The van der Waals surface area contributed by atoms with Crippen molar-refractivity contribution in [1.29, 1.82) is 0 Å². The van der Waals surface area contributed by atoms with Gasteiger partial charge in [0.2, 0.25) is 5.88 Å². The van der Waals surface area contributed by atoms with Crippen LogP contribution in [0.3, 0.4) is 0 Å². The van der Waals surface area contributed by atoms with Gasteiger partial charge in [-0.25, -0.2) is 4.79 Å². The van der Waals surface area contributed by atoms with Gasteiger partial charge in [-0.05, 0) is 30.5 Å². The lowest BCUT2D eigenvalue weighted by Gasteiger charge is -2.10. The Bertz CT molecular complexity index is 713. The minimum absolute atomic E-state index is 0.172. The predicted molar refractivity (Wildman–Crippen MR) is 74.2 cm³/mol. The molecule has 6 nitrogen and oxygen atoms in total. The summed E-state index contributed by atoms with van der Waals surface area (Å²) in [6.07, 6.45) is 0.851. The van der Waals surface area contributed by atoms with E-state index >= 15 is 0 Å². The van der Waals surface area contributed by atoms with Gasteiger partial charge in [-0.3, -0.25) is 14.3 Å². The number of aromatic nitrogens is 2. The van der Waals surface area contributed by atoms with Crippen LogP contribution in [-0.4, -0.2) is 19.8 Å². The molecule has 0 bridgehead atoms. The van der Waals surface area contributed by atoms with Crippen molar-refractivity contribution in [3.8, 4) is 11.6 Å². The molecular formula is C14H16N2O4. The van der Waals surface area contributed by atoms with Gasteiger partial charge in [-0.2, -0.15) is 0 Å². The Hall–Kier alpha value is -2.50. The monoisotopic (exact) mass is 276 g/mol. The summed E-state index contributed by atoms with van der Waals surface area (Å²) in [5.74, 6) is -0.105. The Balaban J connectivity index is 2.28. The number of aromatic hydroxyl groups is 2. The summed E-state index contributed by atoms with van der Waals surface area (Å²) < 4.78 is 1.15. The van der Waals surface area contributed by atoms with Crippen molar-refractivity contribution in [1.82, 2.24) is 9.55 Å². The lowest BCUT2D eigenvalue weighted by atomic mass is 10.1. The highest BCUT2D eigenvalue weighted by molar-refractivity contribution is 5.26. The van der Waals surface area contributed by atoms with Crippen LogP contribution in [0.4, 0.5) is 0 Å². The molecule has 0 saturated heterocycles. The maximum atomic E-state index is 11.7. The number of nitrogens with one attached hydrogen (secondary N) is 1. The molecular weight excluding hydrogens is 260 g/mol. The number of H-pyrrole nitrogens is 1. The first kappa shape index (κ1) is 13.9. The van der Waals surface area contributed by atoms with E-state index in [0.717, 1.165) is 10.1 Å². The highest BCUT2D eigenvalue weighted by Gasteiger charge is 2.12. The zero-order valence-corrected chi connectivity index (χ0v) is 11.1. The first-order valence-electron chi connectivity index (χ1n) is 6.35. The number of aryl methyl sites for hydroxylation is 1. The average molecular weight is 276 g/mol. The zero-order valence-electron chi connectivity index (χ0n) is 11.1. The molecule has 0 aliphatic carbocycles. The van der Waals surface area contributed by atoms with Crippen molar-refractivity contribution in [2.24, 2.45) is 0 Å². The van der Waals surface area contributed by atoms with E-state index in [1.807, 2.05) is 0 Å². The third kappa shape index (κ3) is 2.74. The third-order valence-electron chi connectivity index (χ3n) is 3.18. The summed E-state index contributed by atoms with van der Waals surface area (Å²) in [5, 5.41) is 19.2. The minimum Gasteiger partial charge on any atom is -0.508 e. The van der Waals surface area contributed by atoms with Crippen LogP contribution in [0, 0.1) is 0 Å². The maximum absolute atomic E-state index is 11.7. The van der Waals surface area contributed by atoms with Crippen molar-refractivity contribution in [2.75, 3.05) is 0 Å². The second kappa shape index (κ2) is 5.64. The van der Waals surface area contributed by atoms with Gasteiger partial charge in [0.25, 0.3) is 5.56 Å². The Morgan fingerprint density at radius 2 is 1.80 bits per heavy atom. The van der Waals surface area contributed by atoms with Gasteiger partial charge in [0.15, 0.2) is 0 Å². The quantitative estimate of drug-likeness (QED) is 0.768. The van der Waals surface area contributed by atoms with E-state index in [9.17, 15) is 19.8 Å². The topological polar surface area (TPSA) is 95.3 Å². The van der Waals surface area contributed by atoms with Crippen molar-refractivity contribution < 1.29 is 10.2 Å². The number of rotatable bonds is 4. The molecule has 0 radical (unpaired) electrons. The number of nitrogens with zero attached hydrogens (tertiary/aromatic N) is 1. The van der Waals surface area contributed by atoms with Gasteiger partial charge in [0.05, 0.1) is 5.56 Å². The molecule has 0 aliphatic heterocycles. The Morgan fingerprint density at radius 1 is 1.15 bits per heavy atom. The fourth-order valence-corrected chi connectivity index (χ4v) is 2.03. The van der Waals surface area contributed by atoms with E-state index in [4.69, 9.17) is 0 Å². The van der Waals surface area contributed by atoms with Crippen LogP contribution in [0.2, 0.25) is 0 Å². The Morgan fingerprint density at radius 3 is 2.40 bits per heavy atom. The fraction of sp³-hybridized carbons (Fsp3) is 0.286. The van der Waals surface area contributed by atoms with Crippen LogP contribution in [0.25, 0.3) is 0 Å². The first-order valence-corrected chi connectivity index (χ1v) is 6.35. The standard InChI is InChI=1S/C14H16N2O4/c1-2-11-12(18)15-14(20)16(13(11)19)8-7-9-3-5-10(17)6-4-9/h3-6,17,19H,2,7-8H2,1H3,(H,15,18,20). The van der Waals surface area contributed by atoms with Gasteiger partial charge in [0.1, 0.15) is 5.75 Å². The van der Waals surface area contributed by atoms with Crippen LogP contribution in [-0.2, 0) is 19.4 Å². The average Bonchev–Trinajstić information content (AvgIpc) is 2.40. The fourth-order valence-electron chi connectivity index (χ4n) is 2.03. The van der Waals surface area contributed by atoms with Crippen LogP contribution < -0.4 is 11.2 Å². The summed E-state index contributed by atoms with van der Waals surface area (Å²) in [5.41, 5.74) is -0.0481. The molecule has 106 valence electrons. The van der Waals surface area contributed by atoms with Crippen LogP contribution in [0.5, 0.6) is 11.6 Å². The normalized spacial score (nSPS) is 10.7. The SMILES string of the molecule is CCc1c(O)n(CCc2ccc(O)cc2)c(=O)[nH]c1=O. The number of hydrogen-bond donors (Lipinski definition) is 3. The largest absolute Gasteiger partial charge is 0.508 e.